The zero-order valence-corrected chi connectivity index (χ0v) is 12.2. The molecular formula is C16H25NO3. The van der Waals surface area contributed by atoms with Gasteiger partial charge in [0.15, 0.2) is 0 Å². The Bertz CT molecular complexity index is 371. The van der Waals surface area contributed by atoms with Gasteiger partial charge in [-0.15, -0.1) is 0 Å². The van der Waals surface area contributed by atoms with E-state index in [-0.39, 0.29) is 0 Å². The molecule has 2 atom stereocenters. The number of hydrogen-bond acceptors (Lipinski definition) is 4. The Balaban J connectivity index is 1.66. The van der Waals surface area contributed by atoms with Crippen molar-refractivity contribution in [3.8, 4) is 0 Å². The second-order valence-corrected chi connectivity index (χ2v) is 5.40. The second-order valence-electron chi connectivity index (χ2n) is 5.40. The van der Waals surface area contributed by atoms with Crippen molar-refractivity contribution in [1.29, 1.82) is 0 Å². The van der Waals surface area contributed by atoms with E-state index in [0.717, 1.165) is 25.1 Å². The minimum absolute atomic E-state index is 0.380. The van der Waals surface area contributed by atoms with E-state index >= 15 is 0 Å². The molecular weight excluding hydrogens is 254 g/mol. The predicted molar refractivity (Wildman–Crippen MR) is 78.6 cm³/mol. The van der Waals surface area contributed by atoms with Crippen LogP contribution in [-0.4, -0.2) is 55.6 Å². The molecule has 0 bridgehead atoms. The Labute approximate surface area is 121 Å². The molecule has 4 nitrogen and oxygen atoms in total. The maximum absolute atomic E-state index is 10.1. The number of aliphatic hydroxyl groups excluding tert-OH is 1. The zero-order valence-electron chi connectivity index (χ0n) is 12.2. The summed E-state index contributed by atoms with van der Waals surface area (Å²) in [5, 5.41) is 10.1. The molecule has 1 aliphatic heterocycles. The van der Waals surface area contributed by atoms with Crippen LogP contribution >= 0.6 is 0 Å². The molecule has 0 amide bonds. The van der Waals surface area contributed by atoms with E-state index < -0.39 is 6.10 Å². The lowest BCUT2D eigenvalue weighted by Crippen LogP contribution is -2.40. The number of methoxy groups -OCH3 is 1. The van der Waals surface area contributed by atoms with Crippen molar-refractivity contribution in [2.75, 3.05) is 33.4 Å². The summed E-state index contributed by atoms with van der Waals surface area (Å²) in [5.74, 6) is 0. The number of likely N-dealkylation sites (tertiary alicyclic amines) is 1. The number of nitrogens with zero attached hydrogens (tertiary/aromatic N) is 1. The van der Waals surface area contributed by atoms with Crippen LogP contribution in [0.1, 0.15) is 18.4 Å². The smallest absolute Gasteiger partial charge is 0.0900 e. The lowest BCUT2D eigenvalue weighted by molar-refractivity contribution is 0.00182. The Morgan fingerprint density at radius 2 is 2.15 bits per heavy atom. The fourth-order valence-corrected chi connectivity index (χ4v) is 2.73. The average molecular weight is 279 g/mol. The first-order valence-electron chi connectivity index (χ1n) is 7.32. The molecule has 0 saturated carbocycles. The number of benzene rings is 1. The van der Waals surface area contributed by atoms with Crippen molar-refractivity contribution < 1.29 is 14.6 Å². The highest BCUT2D eigenvalue weighted by molar-refractivity contribution is 5.13. The van der Waals surface area contributed by atoms with Gasteiger partial charge in [0.25, 0.3) is 0 Å². The van der Waals surface area contributed by atoms with Crippen molar-refractivity contribution in [3.63, 3.8) is 0 Å². The van der Waals surface area contributed by atoms with Crippen LogP contribution in [0.2, 0.25) is 0 Å². The number of rotatable bonds is 8. The van der Waals surface area contributed by atoms with Gasteiger partial charge in [0.2, 0.25) is 0 Å². The Morgan fingerprint density at radius 3 is 2.90 bits per heavy atom. The normalized spacial score (nSPS) is 21.2. The first kappa shape index (κ1) is 15.4. The number of β-amino-alcohol motifs (C(OH)–C–C–N with tert-alkyl or cyclic N) is 1. The van der Waals surface area contributed by atoms with Crippen LogP contribution < -0.4 is 0 Å². The van der Waals surface area contributed by atoms with Crippen molar-refractivity contribution in [2.24, 2.45) is 0 Å². The van der Waals surface area contributed by atoms with Gasteiger partial charge in [-0.1, -0.05) is 30.3 Å². The van der Waals surface area contributed by atoms with Crippen molar-refractivity contribution >= 4 is 0 Å². The first-order chi connectivity index (χ1) is 9.79. The molecule has 2 unspecified atom stereocenters. The highest BCUT2D eigenvalue weighted by Gasteiger charge is 2.25. The van der Waals surface area contributed by atoms with E-state index in [1.165, 1.54) is 6.42 Å². The third-order valence-corrected chi connectivity index (χ3v) is 3.73. The largest absolute Gasteiger partial charge is 0.389 e. The van der Waals surface area contributed by atoms with E-state index in [9.17, 15) is 5.11 Å². The summed E-state index contributed by atoms with van der Waals surface area (Å²) < 4.78 is 10.8. The van der Waals surface area contributed by atoms with Gasteiger partial charge < -0.3 is 14.6 Å². The standard InChI is InChI=1S/C16H25NO3/c1-19-12-15-8-5-9-17(15)10-16(18)13-20-11-14-6-3-2-4-7-14/h2-4,6-7,15-16,18H,5,8-13H2,1H3. The third-order valence-electron chi connectivity index (χ3n) is 3.73. The monoisotopic (exact) mass is 279 g/mol. The maximum Gasteiger partial charge on any atom is 0.0900 e. The summed E-state index contributed by atoms with van der Waals surface area (Å²) >= 11 is 0. The van der Waals surface area contributed by atoms with Crippen LogP contribution in [-0.2, 0) is 16.1 Å². The Hall–Kier alpha value is -0.940. The molecule has 0 aromatic heterocycles. The molecule has 1 heterocycles. The van der Waals surface area contributed by atoms with Crippen LogP contribution in [0.4, 0.5) is 0 Å². The predicted octanol–water partition coefficient (Wildman–Crippen LogP) is 1.67. The molecule has 2 rings (SSSR count). The maximum atomic E-state index is 10.1. The molecule has 1 aromatic rings. The Kier molecular flexibility index (Phi) is 6.47. The molecule has 1 aliphatic rings. The van der Waals surface area contributed by atoms with Gasteiger partial charge in [-0.05, 0) is 24.9 Å². The lowest BCUT2D eigenvalue weighted by Gasteiger charge is -2.26. The summed E-state index contributed by atoms with van der Waals surface area (Å²) in [7, 11) is 1.73. The quantitative estimate of drug-likeness (QED) is 0.786. The van der Waals surface area contributed by atoms with Gasteiger partial charge in [0.1, 0.15) is 0 Å². The number of hydrogen-bond donors (Lipinski definition) is 1. The van der Waals surface area contributed by atoms with Crippen molar-refractivity contribution in [3.05, 3.63) is 35.9 Å². The van der Waals surface area contributed by atoms with E-state index in [1.54, 1.807) is 7.11 Å². The second kappa shape index (κ2) is 8.37. The molecule has 1 fully saturated rings. The van der Waals surface area contributed by atoms with E-state index in [2.05, 4.69) is 4.90 Å². The number of ether oxygens (including phenoxy) is 2. The van der Waals surface area contributed by atoms with Gasteiger partial charge in [-0.2, -0.15) is 0 Å². The van der Waals surface area contributed by atoms with Crippen LogP contribution in [0.25, 0.3) is 0 Å². The zero-order chi connectivity index (χ0) is 14.2. The van der Waals surface area contributed by atoms with Crippen LogP contribution in [0.5, 0.6) is 0 Å². The molecule has 1 saturated heterocycles. The molecule has 0 spiro atoms. The molecule has 1 N–H and O–H groups in total. The van der Waals surface area contributed by atoms with Crippen LogP contribution in [0, 0.1) is 0 Å². The fraction of sp³-hybridized carbons (Fsp3) is 0.625. The number of aliphatic hydroxyl groups is 1. The summed E-state index contributed by atoms with van der Waals surface area (Å²) in [6.07, 6.45) is 1.91. The van der Waals surface area contributed by atoms with E-state index in [0.29, 0.717) is 25.8 Å². The molecule has 0 radical (unpaired) electrons. The molecule has 4 heteroatoms. The van der Waals surface area contributed by atoms with E-state index in [4.69, 9.17) is 9.47 Å². The van der Waals surface area contributed by atoms with E-state index in [1.807, 2.05) is 30.3 Å². The van der Waals surface area contributed by atoms with Gasteiger partial charge in [0.05, 0.1) is 25.9 Å². The first-order valence-corrected chi connectivity index (χ1v) is 7.32. The minimum Gasteiger partial charge on any atom is -0.389 e. The van der Waals surface area contributed by atoms with Crippen molar-refractivity contribution in [1.82, 2.24) is 4.90 Å². The van der Waals surface area contributed by atoms with Gasteiger partial charge in [-0.25, -0.2) is 0 Å². The Morgan fingerprint density at radius 1 is 1.35 bits per heavy atom. The fourth-order valence-electron chi connectivity index (χ4n) is 2.73. The average Bonchev–Trinajstić information content (AvgIpc) is 2.88. The summed E-state index contributed by atoms with van der Waals surface area (Å²) in [4.78, 5) is 2.31. The third kappa shape index (κ3) is 4.87. The van der Waals surface area contributed by atoms with Crippen molar-refractivity contribution in [2.45, 2.75) is 31.6 Å². The van der Waals surface area contributed by atoms with Gasteiger partial charge >= 0.3 is 0 Å². The molecule has 20 heavy (non-hydrogen) atoms. The van der Waals surface area contributed by atoms with Crippen LogP contribution in [0.15, 0.2) is 30.3 Å². The minimum atomic E-state index is -0.434. The van der Waals surface area contributed by atoms with Gasteiger partial charge in [0, 0.05) is 19.7 Å². The summed E-state index contributed by atoms with van der Waals surface area (Å²) in [6, 6.07) is 10.5. The molecule has 0 aliphatic carbocycles. The summed E-state index contributed by atoms with van der Waals surface area (Å²) in [6.45, 7) is 3.40. The highest BCUT2D eigenvalue weighted by Crippen LogP contribution is 2.17. The highest BCUT2D eigenvalue weighted by atomic mass is 16.5. The SMILES string of the molecule is COCC1CCCN1CC(O)COCc1ccccc1. The van der Waals surface area contributed by atoms with Crippen LogP contribution in [0.3, 0.4) is 0 Å². The topological polar surface area (TPSA) is 41.9 Å². The molecule has 1 aromatic carbocycles. The molecule has 112 valence electrons. The lowest BCUT2D eigenvalue weighted by atomic mass is 10.2. The van der Waals surface area contributed by atoms with Gasteiger partial charge in [-0.3, -0.25) is 4.90 Å². The summed E-state index contributed by atoms with van der Waals surface area (Å²) in [5.41, 5.74) is 1.14.